The molecule has 2 aromatic rings. The standard InChI is InChI=1S/C13H12N2O4S/c1-9-3-2-4-10(5-9)20(18,19)7-12-11(13(16)17)6-14-8-15-12/h2-6,8H,7H2,1H3,(H,16,17). The van der Waals surface area contributed by atoms with Crippen LogP contribution in [-0.2, 0) is 15.6 Å². The first-order chi connectivity index (χ1) is 9.40. The molecule has 0 bridgehead atoms. The minimum Gasteiger partial charge on any atom is -0.478 e. The maximum atomic E-state index is 12.3. The van der Waals surface area contributed by atoms with Crippen molar-refractivity contribution in [1.82, 2.24) is 9.97 Å². The lowest BCUT2D eigenvalue weighted by Crippen LogP contribution is -2.12. The van der Waals surface area contributed by atoms with Crippen LogP contribution in [0.15, 0.2) is 41.7 Å². The highest BCUT2D eigenvalue weighted by molar-refractivity contribution is 7.90. The molecule has 0 aliphatic carbocycles. The molecule has 104 valence electrons. The van der Waals surface area contributed by atoms with Crippen molar-refractivity contribution in [3.05, 3.63) is 53.6 Å². The first kappa shape index (κ1) is 14.1. The molecule has 1 aromatic heterocycles. The highest BCUT2D eigenvalue weighted by Gasteiger charge is 2.21. The van der Waals surface area contributed by atoms with Crippen LogP contribution in [0.1, 0.15) is 21.6 Å². The molecule has 2 rings (SSSR count). The molecule has 1 heterocycles. The van der Waals surface area contributed by atoms with Gasteiger partial charge in [0, 0.05) is 6.20 Å². The Hall–Kier alpha value is -2.28. The van der Waals surface area contributed by atoms with Gasteiger partial charge in [0.25, 0.3) is 0 Å². The first-order valence-corrected chi connectivity index (χ1v) is 7.37. The minimum absolute atomic E-state index is 0.0194. The maximum absolute atomic E-state index is 12.3. The van der Waals surface area contributed by atoms with E-state index in [1.165, 1.54) is 12.1 Å². The van der Waals surface area contributed by atoms with Crippen molar-refractivity contribution in [2.45, 2.75) is 17.6 Å². The number of rotatable bonds is 4. The number of aryl methyl sites for hydroxylation is 1. The molecule has 0 atom stereocenters. The predicted octanol–water partition coefficient (Wildman–Crippen LogP) is 1.46. The largest absolute Gasteiger partial charge is 0.478 e. The number of hydrogen-bond acceptors (Lipinski definition) is 5. The summed E-state index contributed by atoms with van der Waals surface area (Å²) in [4.78, 5) is 18.5. The van der Waals surface area contributed by atoms with E-state index in [2.05, 4.69) is 9.97 Å². The van der Waals surface area contributed by atoms with Crippen LogP contribution in [0.3, 0.4) is 0 Å². The molecular weight excluding hydrogens is 280 g/mol. The quantitative estimate of drug-likeness (QED) is 0.916. The van der Waals surface area contributed by atoms with Gasteiger partial charge < -0.3 is 5.11 Å². The van der Waals surface area contributed by atoms with Gasteiger partial charge in [-0.2, -0.15) is 0 Å². The van der Waals surface area contributed by atoms with Crippen molar-refractivity contribution >= 4 is 15.8 Å². The molecule has 0 radical (unpaired) electrons. The Bertz CT molecular complexity index is 756. The molecule has 0 aliphatic rings. The lowest BCUT2D eigenvalue weighted by molar-refractivity contribution is 0.0695. The molecule has 20 heavy (non-hydrogen) atoms. The fourth-order valence-corrected chi connectivity index (χ4v) is 3.13. The van der Waals surface area contributed by atoms with Gasteiger partial charge in [-0.15, -0.1) is 0 Å². The van der Waals surface area contributed by atoms with Crippen LogP contribution in [0.4, 0.5) is 0 Å². The number of aromatic carboxylic acids is 1. The second kappa shape index (κ2) is 5.38. The number of carboxylic acid groups (broad SMARTS) is 1. The van der Waals surface area contributed by atoms with Gasteiger partial charge in [0.15, 0.2) is 9.84 Å². The molecule has 0 aliphatic heterocycles. The summed E-state index contributed by atoms with van der Waals surface area (Å²) in [6, 6.07) is 6.44. The highest BCUT2D eigenvalue weighted by atomic mass is 32.2. The van der Waals surface area contributed by atoms with Gasteiger partial charge >= 0.3 is 5.97 Å². The first-order valence-electron chi connectivity index (χ1n) is 5.72. The Morgan fingerprint density at radius 3 is 2.75 bits per heavy atom. The zero-order valence-corrected chi connectivity index (χ0v) is 11.5. The van der Waals surface area contributed by atoms with Crippen molar-refractivity contribution in [3.63, 3.8) is 0 Å². The number of sulfone groups is 1. The van der Waals surface area contributed by atoms with Crippen LogP contribution in [0.2, 0.25) is 0 Å². The topological polar surface area (TPSA) is 97.2 Å². The summed E-state index contributed by atoms with van der Waals surface area (Å²) in [6.07, 6.45) is 2.23. The summed E-state index contributed by atoms with van der Waals surface area (Å²) in [5.41, 5.74) is 0.588. The zero-order valence-electron chi connectivity index (χ0n) is 10.6. The van der Waals surface area contributed by atoms with Crippen molar-refractivity contribution in [2.75, 3.05) is 0 Å². The number of aromatic nitrogens is 2. The third-order valence-electron chi connectivity index (χ3n) is 2.70. The molecule has 1 N–H and O–H groups in total. The Morgan fingerprint density at radius 2 is 2.10 bits per heavy atom. The number of carboxylic acids is 1. The molecule has 0 unspecified atom stereocenters. The number of carbonyl (C=O) groups is 1. The number of hydrogen-bond donors (Lipinski definition) is 1. The fraction of sp³-hybridized carbons (Fsp3) is 0.154. The van der Waals surface area contributed by atoms with Crippen LogP contribution in [0.25, 0.3) is 0 Å². The fourth-order valence-electron chi connectivity index (χ4n) is 1.72. The summed E-state index contributed by atoms with van der Waals surface area (Å²) in [5, 5.41) is 9.00. The summed E-state index contributed by atoms with van der Waals surface area (Å²) in [5.74, 6) is -1.72. The van der Waals surface area contributed by atoms with E-state index in [0.717, 1.165) is 18.1 Å². The normalized spacial score (nSPS) is 11.2. The van der Waals surface area contributed by atoms with E-state index in [-0.39, 0.29) is 16.2 Å². The third-order valence-corrected chi connectivity index (χ3v) is 4.33. The van der Waals surface area contributed by atoms with Crippen molar-refractivity contribution in [2.24, 2.45) is 0 Å². The summed E-state index contributed by atoms with van der Waals surface area (Å²) in [7, 11) is -3.65. The third kappa shape index (κ3) is 3.00. The van der Waals surface area contributed by atoms with E-state index in [1.807, 2.05) is 0 Å². The van der Waals surface area contributed by atoms with E-state index in [9.17, 15) is 13.2 Å². The summed E-state index contributed by atoms with van der Waals surface area (Å²) < 4.78 is 24.6. The molecule has 0 saturated heterocycles. The maximum Gasteiger partial charge on any atom is 0.339 e. The SMILES string of the molecule is Cc1cccc(S(=O)(=O)Cc2ncncc2C(=O)O)c1. The molecule has 7 heteroatoms. The van der Waals surface area contributed by atoms with Gasteiger partial charge in [0.1, 0.15) is 11.9 Å². The number of benzene rings is 1. The van der Waals surface area contributed by atoms with Crippen molar-refractivity contribution in [1.29, 1.82) is 0 Å². The lowest BCUT2D eigenvalue weighted by atomic mass is 10.2. The van der Waals surface area contributed by atoms with Crippen LogP contribution in [0, 0.1) is 6.92 Å². The van der Waals surface area contributed by atoms with E-state index >= 15 is 0 Å². The molecule has 1 aromatic carbocycles. The smallest absolute Gasteiger partial charge is 0.339 e. The van der Waals surface area contributed by atoms with Crippen molar-refractivity contribution < 1.29 is 18.3 Å². The number of nitrogens with zero attached hydrogens (tertiary/aromatic N) is 2. The van der Waals surface area contributed by atoms with E-state index in [4.69, 9.17) is 5.11 Å². The predicted molar refractivity (Wildman–Crippen MR) is 71.1 cm³/mol. The van der Waals surface area contributed by atoms with Gasteiger partial charge in [-0.3, -0.25) is 0 Å². The van der Waals surface area contributed by atoms with Gasteiger partial charge in [0.05, 0.1) is 16.3 Å². The zero-order chi connectivity index (χ0) is 14.8. The second-order valence-corrected chi connectivity index (χ2v) is 6.25. The van der Waals surface area contributed by atoms with Crippen LogP contribution < -0.4 is 0 Å². The minimum atomic E-state index is -3.65. The van der Waals surface area contributed by atoms with Crippen molar-refractivity contribution in [3.8, 4) is 0 Å². The average molecular weight is 292 g/mol. The van der Waals surface area contributed by atoms with E-state index in [0.29, 0.717) is 0 Å². The molecular formula is C13H12N2O4S. The molecule has 0 fully saturated rings. The highest BCUT2D eigenvalue weighted by Crippen LogP contribution is 2.18. The van der Waals surface area contributed by atoms with E-state index in [1.54, 1.807) is 19.1 Å². The van der Waals surface area contributed by atoms with Crippen LogP contribution in [-0.4, -0.2) is 29.5 Å². The molecule has 0 spiro atoms. The monoisotopic (exact) mass is 292 g/mol. The molecule has 0 saturated carbocycles. The Balaban J connectivity index is 2.41. The van der Waals surface area contributed by atoms with Gasteiger partial charge in [-0.1, -0.05) is 12.1 Å². The summed E-state index contributed by atoms with van der Waals surface area (Å²) in [6.45, 7) is 1.78. The Morgan fingerprint density at radius 1 is 1.35 bits per heavy atom. The Kier molecular flexibility index (Phi) is 3.80. The van der Waals surface area contributed by atoms with Gasteiger partial charge in [-0.05, 0) is 24.6 Å². The van der Waals surface area contributed by atoms with E-state index < -0.39 is 21.6 Å². The lowest BCUT2D eigenvalue weighted by Gasteiger charge is -2.06. The van der Waals surface area contributed by atoms with Crippen LogP contribution in [0.5, 0.6) is 0 Å². The second-order valence-electron chi connectivity index (χ2n) is 4.26. The van der Waals surface area contributed by atoms with Gasteiger partial charge in [0.2, 0.25) is 0 Å². The van der Waals surface area contributed by atoms with Gasteiger partial charge in [-0.25, -0.2) is 23.2 Å². The summed E-state index contributed by atoms with van der Waals surface area (Å²) >= 11 is 0. The molecule has 0 amide bonds. The Labute approximate surface area is 116 Å². The molecule has 6 nitrogen and oxygen atoms in total. The van der Waals surface area contributed by atoms with Crippen LogP contribution >= 0.6 is 0 Å². The average Bonchev–Trinajstić information content (AvgIpc) is 2.38.